The third kappa shape index (κ3) is 4.28. The summed E-state index contributed by atoms with van der Waals surface area (Å²) < 4.78 is 5.45. The van der Waals surface area contributed by atoms with Crippen LogP contribution in [0.5, 0.6) is 5.75 Å². The van der Waals surface area contributed by atoms with E-state index < -0.39 is 0 Å². The van der Waals surface area contributed by atoms with Crippen molar-refractivity contribution >= 4 is 17.3 Å². The number of benzene rings is 2. The van der Waals surface area contributed by atoms with Gasteiger partial charge in [-0.2, -0.15) is 0 Å². The maximum Gasteiger partial charge on any atom is 0.241 e. The quantitative estimate of drug-likeness (QED) is 0.897. The Morgan fingerprint density at radius 1 is 1.04 bits per heavy atom. The summed E-state index contributed by atoms with van der Waals surface area (Å²) in [6, 6.07) is 14.3. The van der Waals surface area contributed by atoms with Gasteiger partial charge >= 0.3 is 0 Å². The van der Waals surface area contributed by atoms with Gasteiger partial charge in [-0.15, -0.1) is 0 Å². The summed E-state index contributed by atoms with van der Waals surface area (Å²) in [6.45, 7) is 7.55. The number of anilines is 2. The van der Waals surface area contributed by atoms with E-state index in [1.165, 1.54) is 11.1 Å². The Labute approximate surface area is 155 Å². The van der Waals surface area contributed by atoms with Gasteiger partial charge in [-0.25, -0.2) is 0 Å². The third-order valence-corrected chi connectivity index (χ3v) is 4.72. The number of nitrogens with one attached hydrogen (secondary N) is 1. The first-order valence-electron chi connectivity index (χ1n) is 9.05. The number of hydrogen-bond donors (Lipinski definition) is 1. The second-order valence-corrected chi connectivity index (χ2v) is 6.77. The normalized spacial score (nSPS) is 14.3. The van der Waals surface area contributed by atoms with Gasteiger partial charge in [0, 0.05) is 31.9 Å². The smallest absolute Gasteiger partial charge is 0.241 e. The molecule has 1 aliphatic heterocycles. The van der Waals surface area contributed by atoms with Gasteiger partial charge in [0.15, 0.2) is 0 Å². The van der Waals surface area contributed by atoms with Crippen molar-refractivity contribution in [3.05, 3.63) is 53.6 Å². The number of para-hydroxylation sites is 2. The van der Waals surface area contributed by atoms with Crippen molar-refractivity contribution in [3.63, 3.8) is 0 Å². The third-order valence-electron chi connectivity index (χ3n) is 4.72. The molecule has 138 valence electrons. The molecule has 2 aromatic carbocycles. The molecule has 0 atom stereocenters. The number of hydrogen-bond acceptors (Lipinski definition) is 4. The van der Waals surface area contributed by atoms with E-state index >= 15 is 0 Å². The van der Waals surface area contributed by atoms with Gasteiger partial charge in [-0.05, 0) is 49.2 Å². The highest BCUT2D eigenvalue weighted by Crippen LogP contribution is 2.28. The standard InChI is InChI=1S/C21H27N3O2/c1-16-12-17(2)14-18(13-16)22-15-21(25)24-10-8-23(9-11-24)19-6-4-5-7-20(19)26-3/h4-7,12-14,22H,8-11,15H2,1-3H3. The largest absolute Gasteiger partial charge is 0.495 e. The molecule has 5 nitrogen and oxygen atoms in total. The molecule has 5 heteroatoms. The Morgan fingerprint density at radius 3 is 2.35 bits per heavy atom. The first-order valence-corrected chi connectivity index (χ1v) is 9.05. The van der Waals surface area contributed by atoms with E-state index in [9.17, 15) is 4.79 Å². The Morgan fingerprint density at radius 2 is 1.69 bits per heavy atom. The molecule has 0 bridgehead atoms. The summed E-state index contributed by atoms with van der Waals surface area (Å²) in [5.74, 6) is 1.02. The van der Waals surface area contributed by atoms with E-state index in [0.717, 1.165) is 43.3 Å². The number of rotatable bonds is 5. The van der Waals surface area contributed by atoms with Crippen molar-refractivity contribution in [3.8, 4) is 5.75 Å². The van der Waals surface area contributed by atoms with Crippen LogP contribution in [0.15, 0.2) is 42.5 Å². The molecule has 1 aliphatic rings. The van der Waals surface area contributed by atoms with Crippen LogP contribution in [0.2, 0.25) is 0 Å². The summed E-state index contributed by atoms with van der Waals surface area (Å²) in [5, 5.41) is 3.26. The monoisotopic (exact) mass is 353 g/mol. The van der Waals surface area contributed by atoms with Crippen molar-refractivity contribution in [2.45, 2.75) is 13.8 Å². The molecule has 0 spiro atoms. The van der Waals surface area contributed by atoms with Crippen LogP contribution in [0.4, 0.5) is 11.4 Å². The Bertz CT molecular complexity index is 747. The van der Waals surface area contributed by atoms with Crippen molar-refractivity contribution < 1.29 is 9.53 Å². The average Bonchev–Trinajstić information content (AvgIpc) is 2.65. The molecule has 1 fully saturated rings. The Hall–Kier alpha value is -2.69. The fraction of sp³-hybridized carbons (Fsp3) is 0.381. The van der Waals surface area contributed by atoms with Crippen LogP contribution >= 0.6 is 0 Å². The van der Waals surface area contributed by atoms with Crippen LogP contribution in [-0.4, -0.2) is 50.6 Å². The minimum atomic E-state index is 0.142. The maximum atomic E-state index is 12.5. The maximum absolute atomic E-state index is 12.5. The van der Waals surface area contributed by atoms with Gasteiger partial charge in [0.05, 0.1) is 19.3 Å². The molecule has 1 amide bonds. The minimum Gasteiger partial charge on any atom is -0.495 e. The van der Waals surface area contributed by atoms with Crippen LogP contribution in [0, 0.1) is 13.8 Å². The molecule has 0 saturated carbocycles. The van der Waals surface area contributed by atoms with Gasteiger partial charge < -0.3 is 19.9 Å². The Balaban J connectivity index is 1.53. The van der Waals surface area contributed by atoms with Crippen molar-refractivity contribution in [2.24, 2.45) is 0 Å². The molecule has 0 unspecified atom stereocenters. The van der Waals surface area contributed by atoms with E-state index in [-0.39, 0.29) is 5.91 Å². The summed E-state index contributed by atoms with van der Waals surface area (Å²) in [6.07, 6.45) is 0. The van der Waals surface area contributed by atoms with Gasteiger partial charge in [0.25, 0.3) is 0 Å². The number of methoxy groups -OCH3 is 1. The van der Waals surface area contributed by atoms with E-state index in [4.69, 9.17) is 4.74 Å². The molecular formula is C21H27N3O2. The summed E-state index contributed by atoms with van der Waals surface area (Å²) in [4.78, 5) is 16.7. The lowest BCUT2D eigenvalue weighted by Gasteiger charge is -2.36. The summed E-state index contributed by atoms with van der Waals surface area (Å²) >= 11 is 0. The van der Waals surface area contributed by atoms with Crippen molar-refractivity contribution in [1.29, 1.82) is 0 Å². The first kappa shape index (κ1) is 18.1. The van der Waals surface area contributed by atoms with Crippen LogP contribution in [0.25, 0.3) is 0 Å². The van der Waals surface area contributed by atoms with Crippen LogP contribution in [0.3, 0.4) is 0 Å². The van der Waals surface area contributed by atoms with Crippen molar-refractivity contribution in [2.75, 3.05) is 50.1 Å². The van der Waals surface area contributed by atoms with E-state index in [1.807, 2.05) is 23.1 Å². The number of aryl methyl sites for hydroxylation is 2. The Kier molecular flexibility index (Phi) is 5.66. The van der Waals surface area contributed by atoms with Crippen LogP contribution in [-0.2, 0) is 4.79 Å². The lowest BCUT2D eigenvalue weighted by atomic mass is 10.1. The molecule has 0 aromatic heterocycles. The second-order valence-electron chi connectivity index (χ2n) is 6.77. The van der Waals surface area contributed by atoms with Gasteiger partial charge in [0.2, 0.25) is 5.91 Å². The highest BCUT2D eigenvalue weighted by atomic mass is 16.5. The summed E-state index contributed by atoms with van der Waals surface area (Å²) in [7, 11) is 1.69. The molecule has 26 heavy (non-hydrogen) atoms. The topological polar surface area (TPSA) is 44.8 Å². The predicted molar refractivity (Wildman–Crippen MR) is 106 cm³/mol. The van der Waals surface area contributed by atoms with E-state index in [1.54, 1.807) is 7.11 Å². The fourth-order valence-corrected chi connectivity index (χ4v) is 3.45. The fourth-order valence-electron chi connectivity index (χ4n) is 3.45. The van der Waals surface area contributed by atoms with Crippen LogP contribution in [0.1, 0.15) is 11.1 Å². The summed E-state index contributed by atoms with van der Waals surface area (Å²) in [5.41, 5.74) is 4.50. The molecule has 1 N–H and O–H groups in total. The zero-order valence-corrected chi connectivity index (χ0v) is 15.8. The van der Waals surface area contributed by atoms with Crippen LogP contribution < -0.4 is 15.0 Å². The molecule has 2 aromatic rings. The predicted octanol–water partition coefficient (Wildman–Crippen LogP) is 3.07. The zero-order chi connectivity index (χ0) is 18.5. The van der Waals surface area contributed by atoms with Gasteiger partial charge in [-0.1, -0.05) is 18.2 Å². The number of piperazine rings is 1. The highest BCUT2D eigenvalue weighted by Gasteiger charge is 2.22. The zero-order valence-electron chi connectivity index (χ0n) is 15.8. The molecule has 0 aliphatic carbocycles. The number of nitrogens with zero attached hydrogens (tertiary/aromatic N) is 2. The number of ether oxygens (including phenoxy) is 1. The lowest BCUT2D eigenvalue weighted by molar-refractivity contribution is -0.129. The second kappa shape index (κ2) is 8.13. The molecule has 1 saturated heterocycles. The minimum absolute atomic E-state index is 0.142. The molecule has 3 rings (SSSR count). The first-order chi connectivity index (χ1) is 12.6. The van der Waals surface area contributed by atoms with Gasteiger partial charge in [-0.3, -0.25) is 4.79 Å². The molecular weight excluding hydrogens is 326 g/mol. The SMILES string of the molecule is COc1ccccc1N1CCN(C(=O)CNc2cc(C)cc(C)c2)CC1. The van der Waals surface area contributed by atoms with Crippen molar-refractivity contribution in [1.82, 2.24) is 4.90 Å². The highest BCUT2D eigenvalue weighted by molar-refractivity contribution is 5.81. The van der Waals surface area contributed by atoms with E-state index in [2.05, 4.69) is 48.3 Å². The molecule has 1 heterocycles. The number of carbonyl (C=O) groups excluding carboxylic acids is 1. The van der Waals surface area contributed by atoms with Gasteiger partial charge in [0.1, 0.15) is 5.75 Å². The lowest BCUT2D eigenvalue weighted by Crippen LogP contribution is -2.50. The molecule has 0 radical (unpaired) electrons. The van der Waals surface area contributed by atoms with E-state index in [0.29, 0.717) is 6.54 Å². The number of amides is 1. The number of carbonyl (C=O) groups is 1. The average molecular weight is 353 g/mol.